The number of hydrogen-bond acceptors (Lipinski definition) is 5. The summed E-state index contributed by atoms with van der Waals surface area (Å²) < 4.78 is 27.3. The summed E-state index contributed by atoms with van der Waals surface area (Å²) in [7, 11) is -1.20. The first-order valence-corrected chi connectivity index (χ1v) is 16.7. The van der Waals surface area contributed by atoms with Crippen LogP contribution < -0.4 is 5.32 Å². The molecule has 2 aromatic carbocycles. The van der Waals surface area contributed by atoms with Crippen LogP contribution in [-0.2, 0) is 26.4 Å². The Hall–Kier alpha value is -2.30. The van der Waals surface area contributed by atoms with Crippen molar-refractivity contribution in [1.82, 2.24) is 15.1 Å². The molecule has 1 saturated heterocycles. The third-order valence-electron chi connectivity index (χ3n) is 6.92. The second-order valence-electron chi connectivity index (χ2n) is 11.0. The van der Waals surface area contributed by atoms with E-state index in [4.69, 9.17) is 21.1 Å². The Kier molecular flexibility index (Phi) is 8.70. The van der Waals surface area contributed by atoms with Gasteiger partial charge in [-0.05, 0) is 55.8 Å². The van der Waals surface area contributed by atoms with Crippen LogP contribution >= 0.6 is 11.6 Å². The summed E-state index contributed by atoms with van der Waals surface area (Å²) in [5, 5.41) is 19.3. The summed E-state index contributed by atoms with van der Waals surface area (Å²) >= 11 is 6.39. The average molecular weight is 548 g/mol. The topological polar surface area (TPSA) is 85.6 Å². The van der Waals surface area contributed by atoms with Crippen molar-refractivity contribution in [3.8, 4) is 0 Å². The number of benzene rings is 2. The van der Waals surface area contributed by atoms with Gasteiger partial charge in [-0.25, -0.2) is 13.9 Å². The maximum atomic E-state index is 13.6. The zero-order chi connectivity index (χ0) is 26.6. The predicted octanol–water partition coefficient (Wildman–Crippen LogP) is 5.60. The maximum Gasteiger partial charge on any atom is 0.337 e. The highest BCUT2D eigenvalue weighted by Gasteiger charge is 2.37. The molecule has 1 atom stereocenters. The Bertz CT molecular complexity index is 1220. The number of hydrogen-bond donors (Lipinski definition) is 2. The lowest BCUT2D eigenvalue weighted by Gasteiger charge is -2.38. The van der Waals surface area contributed by atoms with Crippen molar-refractivity contribution in [2.24, 2.45) is 0 Å². The van der Waals surface area contributed by atoms with Crippen molar-refractivity contribution in [1.29, 1.82) is 0 Å². The molecule has 2 N–H and O–H groups in total. The normalized spacial score (nSPS) is 16.7. The summed E-state index contributed by atoms with van der Waals surface area (Å²) in [6.45, 7) is 9.51. The number of fused-ring (bicyclic) bond motifs is 1. The Balaban J connectivity index is 1.58. The second kappa shape index (κ2) is 11.6. The quantitative estimate of drug-likeness (QED) is 0.240. The number of ether oxygens (including phenoxy) is 2. The van der Waals surface area contributed by atoms with E-state index in [2.05, 4.69) is 30.1 Å². The first-order chi connectivity index (χ1) is 17.6. The van der Waals surface area contributed by atoms with Crippen LogP contribution in [-0.4, -0.2) is 55.2 Å². The minimum atomic E-state index is -1.26. The summed E-state index contributed by atoms with van der Waals surface area (Å²) in [5.41, 5.74) is 1.44. The number of aromatic nitrogens is 2. The van der Waals surface area contributed by atoms with Gasteiger partial charge in [-0.1, -0.05) is 23.7 Å². The molecule has 0 bridgehead atoms. The molecule has 10 heteroatoms. The zero-order valence-corrected chi connectivity index (χ0v) is 23.4. The van der Waals surface area contributed by atoms with Crippen LogP contribution in [0.3, 0.4) is 0 Å². The van der Waals surface area contributed by atoms with Crippen LogP contribution in [0.15, 0.2) is 42.6 Å². The zero-order valence-electron chi connectivity index (χ0n) is 21.6. The summed E-state index contributed by atoms with van der Waals surface area (Å²) in [4.78, 5) is 12.4. The molecule has 0 spiro atoms. The van der Waals surface area contributed by atoms with Crippen molar-refractivity contribution < 1.29 is 23.8 Å². The van der Waals surface area contributed by atoms with E-state index in [9.17, 15) is 14.3 Å². The van der Waals surface area contributed by atoms with Crippen LogP contribution in [0.5, 0.6) is 0 Å². The molecule has 1 fully saturated rings. The molecular formula is C27H35ClFN3O4Si-. The highest BCUT2D eigenvalue weighted by Crippen LogP contribution is 2.37. The molecule has 4 rings (SSSR count). The van der Waals surface area contributed by atoms with E-state index in [1.807, 2.05) is 6.20 Å². The van der Waals surface area contributed by atoms with Gasteiger partial charge in [0.2, 0.25) is 0 Å². The first kappa shape index (κ1) is 27.7. The predicted molar refractivity (Wildman–Crippen MR) is 145 cm³/mol. The molecular weight excluding hydrogens is 513 g/mol. The van der Waals surface area contributed by atoms with E-state index in [1.54, 1.807) is 28.9 Å². The number of carboxylic acid groups (broad SMARTS) is 1. The van der Waals surface area contributed by atoms with Gasteiger partial charge in [0.25, 0.3) is 0 Å². The van der Waals surface area contributed by atoms with Crippen molar-refractivity contribution in [2.45, 2.75) is 56.8 Å². The lowest BCUT2D eigenvalue weighted by molar-refractivity contribution is -0.152. The van der Waals surface area contributed by atoms with Crippen LogP contribution in [0.1, 0.15) is 30.1 Å². The molecule has 0 aliphatic carbocycles. The van der Waals surface area contributed by atoms with Crippen LogP contribution in [0.25, 0.3) is 10.9 Å². The number of halogens is 2. The minimum Gasteiger partial charge on any atom is -0.479 e. The third kappa shape index (κ3) is 6.97. The number of piperidine rings is 1. The van der Waals surface area contributed by atoms with Gasteiger partial charge in [0.1, 0.15) is 12.5 Å². The molecule has 0 radical (unpaired) electrons. The van der Waals surface area contributed by atoms with Gasteiger partial charge in [-0.2, -0.15) is 24.7 Å². The molecule has 1 aliphatic heterocycles. The standard InChI is InChI=1S/C27H35ClFN3O4Si/c1-37(2,3)13-12-35-18-32-16-19-14-21(28)15-23(24(19)31-32)25(26(33)34)36-17-27(8-10-30-11-9-27)20-4-6-22(29)7-5-20/h4-7,14-16,25,30H,8-13,17-18H2,1-3H3,(H,33,34)/q-1. The molecule has 2 heterocycles. The van der Waals surface area contributed by atoms with Crippen molar-refractivity contribution in [2.75, 3.05) is 26.3 Å². The molecule has 1 unspecified atom stereocenters. The fourth-order valence-electron chi connectivity index (χ4n) is 4.74. The number of nitrogens with one attached hydrogen (secondary N) is 1. The van der Waals surface area contributed by atoms with Gasteiger partial charge in [0.05, 0.1) is 12.1 Å². The lowest BCUT2D eigenvalue weighted by Crippen LogP contribution is -2.43. The summed E-state index contributed by atoms with van der Waals surface area (Å²) in [6, 6.07) is 10.8. The average Bonchev–Trinajstić information content (AvgIpc) is 3.25. The second-order valence-corrected chi connectivity index (χ2v) is 17.1. The van der Waals surface area contributed by atoms with Crippen LogP contribution in [0.4, 0.5) is 4.39 Å². The Morgan fingerprint density at radius 1 is 1.24 bits per heavy atom. The third-order valence-corrected chi connectivity index (χ3v) is 8.84. The molecule has 1 aromatic heterocycles. The largest absolute Gasteiger partial charge is 0.479 e. The molecule has 201 valence electrons. The number of nitrogens with zero attached hydrogens (tertiary/aromatic N) is 2. The van der Waals surface area contributed by atoms with Gasteiger partial charge < -0.3 is 19.9 Å². The fourth-order valence-corrected chi connectivity index (χ4v) is 5.73. The van der Waals surface area contributed by atoms with Crippen molar-refractivity contribution >= 4 is 36.5 Å². The van der Waals surface area contributed by atoms with E-state index in [1.165, 1.54) is 12.1 Å². The van der Waals surface area contributed by atoms with Crippen LogP contribution in [0.2, 0.25) is 30.7 Å². The summed E-state index contributed by atoms with van der Waals surface area (Å²) in [6.07, 6.45) is 2.05. The number of carbonyl (C=O) groups is 1. The van der Waals surface area contributed by atoms with E-state index < -0.39 is 25.6 Å². The van der Waals surface area contributed by atoms with Crippen molar-refractivity contribution in [3.05, 3.63) is 64.6 Å². The number of rotatable bonds is 11. The number of aliphatic carboxylic acids is 1. The monoisotopic (exact) mass is 547 g/mol. The van der Waals surface area contributed by atoms with E-state index in [0.29, 0.717) is 22.7 Å². The van der Waals surface area contributed by atoms with Crippen molar-refractivity contribution in [3.63, 3.8) is 0 Å². The molecule has 1 aliphatic rings. The van der Waals surface area contributed by atoms with Gasteiger partial charge >= 0.3 is 5.97 Å². The minimum absolute atomic E-state index is 0.172. The molecule has 3 aromatic rings. The highest BCUT2D eigenvalue weighted by molar-refractivity contribution is 6.76. The van der Waals surface area contributed by atoms with E-state index >= 15 is 0 Å². The molecule has 37 heavy (non-hydrogen) atoms. The van der Waals surface area contributed by atoms with Crippen LogP contribution in [0, 0.1) is 5.82 Å². The van der Waals surface area contributed by atoms with Gasteiger partial charge in [0.15, 0.2) is 6.10 Å². The smallest absolute Gasteiger partial charge is 0.337 e. The Labute approximate surface area is 222 Å². The van der Waals surface area contributed by atoms with Gasteiger partial charge in [0, 0.05) is 34.2 Å². The van der Waals surface area contributed by atoms with Gasteiger partial charge in [-0.15, -0.1) is 14.1 Å². The molecule has 0 amide bonds. The summed E-state index contributed by atoms with van der Waals surface area (Å²) in [5.74, 6) is -1.42. The SMILES string of the molecule is C[Si-](C)(C)CCOCn1cc2cc(Cl)cc(C(OCC3(c4ccc(F)cc4)CCNCC3)C(=O)O)c2n1. The fraction of sp³-hybridized carbons (Fsp3) is 0.481. The maximum absolute atomic E-state index is 13.6. The van der Waals surface area contributed by atoms with Gasteiger partial charge in [-0.3, -0.25) is 0 Å². The highest BCUT2D eigenvalue weighted by atomic mass is 35.5. The molecule has 7 nitrogen and oxygen atoms in total. The molecule has 0 saturated carbocycles. The van der Waals surface area contributed by atoms with E-state index in [-0.39, 0.29) is 19.2 Å². The number of carboxylic acids is 1. The Morgan fingerprint density at radius 3 is 2.59 bits per heavy atom. The first-order valence-electron chi connectivity index (χ1n) is 12.6. The Morgan fingerprint density at radius 2 is 1.95 bits per heavy atom. The van der Waals surface area contributed by atoms with E-state index in [0.717, 1.165) is 42.9 Å². The lowest BCUT2D eigenvalue weighted by atomic mass is 9.74.